The molecule has 2 rings (SSSR count). The Morgan fingerprint density at radius 1 is 1.36 bits per heavy atom. The highest BCUT2D eigenvalue weighted by Crippen LogP contribution is 2.45. The predicted octanol–water partition coefficient (Wildman–Crippen LogP) is 1.55. The van der Waals surface area contributed by atoms with E-state index in [2.05, 4.69) is 0 Å². The zero-order chi connectivity index (χ0) is 10.1. The van der Waals surface area contributed by atoms with E-state index in [0.29, 0.717) is 25.2 Å². The Kier molecular flexibility index (Phi) is 2.57. The smallest absolute Gasteiger partial charge is 0.309 e. The molecule has 78 valence electrons. The lowest BCUT2D eigenvalue weighted by Crippen LogP contribution is -2.33. The first-order valence-electron chi connectivity index (χ1n) is 5.40. The highest BCUT2D eigenvalue weighted by molar-refractivity contribution is 5.84. The average molecular weight is 196 g/mol. The number of ketones is 1. The summed E-state index contributed by atoms with van der Waals surface area (Å²) in [6.45, 7) is 2.27. The third kappa shape index (κ3) is 1.56. The fraction of sp³-hybridized carbons (Fsp3) is 0.818. The summed E-state index contributed by atoms with van der Waals surface area (Å²) in [4.78, 5) is 22.9. The van der Waals surface area contributed by atoms with Crippen LogP contribution >= 0.6 is 0 Å². The number of carbonyl (C=O) groups excluding carboxylic acids is 2. The van der Waals surface area contributed by atoms with Crippen LogP contribution in [0.2, 0.25) is 0 Å². The quantitative estimate of drug-likeness (QED) is 0.629. The Morgan fingerprint density at radius 3 is 2.43 bits per heavy atom. The summed E-state index contributed by atoms with van der Waals surface area (Å²) in [5.74, 6) is 0.832. The first-order chi connectivity index (χ1) is 6.72. The van der Waals surface area contributed by atoms with Gasteiger partial charge in [-0.25, -0.2) is 0 Å². The number of esters is 1. The number of hydrogen-bond donors (Lipinski definition) is 0. The van der Waals surface area contributed by atoms with E-state index in [-0.39, 0.29) is 23.7 Å². The molecule has 0 aromatic rings. The molecule has 14 heavy (non-hydrogen) atoms. The lowest BCUT2D eigenvalue weighted by molar-refractivity contribution is -0.152. The van der Waals surface area contributed by atoms with Crippen molar-refractivity contribution in [2.24, 2.45) is 17.8 Å². The van der Waals surface area contributed by atoms with E-state index in [1.165, 1.54) is 0 Å². The van der Waals surface area contributed by atoms with Gasteiger partial charge in [-0.1, -0.05) is 0 Å². The van der Waals surface area contributed by atoms with E-state index < -0.39 is 0 Å². The van der Waals surface area contributed by atoms with Crippen LogP contribution in [0.25, 0.3) is 0 Å². The molecule has 3 atom stereocenters. The van der Waals surface area contributed by atoms with Gasteiger partial charge in [0.15, 0.2) is 0 Å². The maximum Gasteiger partial charge on any atom is 0.309 e. The molecule has 0 spiro atoms. The molecule has 0 unspecified atom stereocenters. The molecule has 0 aromatic heterocycles. The normalized spacial score (nSPS) is 35.8. The van der Waals surface area contributed by atoms with Gasteiger partial charge in [0.05, 0.1) is 12.5 Å². The van der Waals surface area contributed by atoms with Crippen molar-refractivity contribution < 1.29 is 14.3 Å². The first kappa shape index (κ1) is 9.69. The molecular formula is C11H16O3. The second kappa shape index (κ2) is 3.71. The zero-order valence-corrected chi connectivity index (χ0v) is 8.49. The largest absolute Gasteiger partial charge is 0.466 e. The van der Waals surface area contributed by atoms with Crippen LogP contribution in [0, 0.1) is 17.8 Å². The third-order valence-corrected chi connectivity index (χ3v) is 3.46. The maximum absolute atomic E-state index is 11.6. The summed E-state index contributed by atoms with van der Waals surface area (Å²) >= 11 is 0. The molecule has 3 nitrogen and oxygen atoms in total. The molecule has 2 fully saturated rings. The van der Waals surface area contributed by atoms with Crippen LogP contribution in [-0.2, 0) is 14.3 Å². The summed E-state index contributed by atoms with van der Waals surface area (Å²) in [7, 11) is 0. The van der Waals surface area contributed by atoms with Gasteiger partial charge in [0.25, 0.3) is 0 Å². The Morgan fingerprint density at radius 2 is 1.93 bits per heavy atom. The highest BCUT2D eigenvalue weighted by Gasteiger charge is 2.46. The second-order valence-electron chi connectivity index (χ2n) is 4.32. The van der Waals surface area contributed by atoms with Gasteiger partial charge in [0.1, 0.15) is 5.78 Å². The van der Waals surface area contributed by atoms with E-state index in [4.69, 9.17) is 4.74 Å². The summed E-state index contributed by atoms with van der Waals surface area (Å²) in [6, 6.07) is 0. The van der Waals surface area contributed by atoms with E-state index in [9.17, 15) is 9.59 Å². The molecule has 0 N–H and O–H groups in total. The molecule has 0 saturated heterocycles. The predicted molar refractivity (Wildman–Crippen MR) is 50.6 cm³/mol. The summed E-state index contributed by atoms with van der Waals surface area (Å²) in [5.41, 5.74) is 0. The van der Waals surface area contributed by atoms with Crippen molar-refractivity contribution in [2.75, 3.05) is 6.61 Å². The van der Waals surface area contributed by atoms with E-state index in [0.717, 1.165) is 12.8 Å². The number of ether oxygens (including phenoxy) is 1. The third-order valence-electron chi connectivity index (χ3n) is 3.46. The lowest BCUT2D eigenvalue weighted by Gasteiger charge is -2.26. The van der Waals surface area contributed by atoms with Crippen LogP contribution in [-0.4, -0.2) is 18.4 Å². The first-order valence-corrected chi connectivity index (χ1v) is 5.40. The molecule has 2 aliphatic rings. The SMILES string of the molecule is CCOC(=O)[C@H]1[C@@H]2CC[C@H]1CC(=O)C2. The van der Waals surface area contributed by atoms with Gasteiger partial charge in [0, 0.05) is 12.8 Å². The Labute approximate surface area is 83.8 Å². The molecule has 2 bridgehead atoms. The van der Waals surface area contributed by atoms with Crippen LogP contribution in [0.5, 0.6) is 0 Å². The van der Waals surface area contributed by atoms with E-state index >= 15 is 0 Å². The monoisotopic (exact) mass is 196 g/mol. The second-order valence-corrected chi connectivity index (χ2v) is 4.32. The van der Waals surface area contributed by atoms with E-state index in [1.54, 1.807) is 0 Å². The Bertz CT molecular complexity index is 243. The molecule has 2 aliphatic carbocycles. The minimum atomic E-state index is -0.0764. The van der Waals surface area contributed by atoms with Crippen LogP contribution in [0.15, 0.2) is 0 Å². The summed E-state index contributed by atoms with van der Waals surface area (Å²) in [6.07, 6.45) is 3.25. The van der Waals surface area contributed by atoms with Gasteiger partial charge in [-0.05, 0) is 31.6 Å². The zero-order valence-electron chi connectivity index (χ0n) is 8.49. The molecule has 0 radical (unpaired) electrons. The molecule has 2 saturated carbocycles. The summed E-state index contributed by atoms with van der Waals surface area (Å²) < 4.78 is 5.05. The van der Waals surface area contributed by atoms with Crippen molar-refractivity contribution in [3.8, 4) is 0 Å². The topological polar surface area (TPSA) is 43.4 Å². The molecule has 0 aromatic carbocycles. The lowest BCUT2D eigenvalue weighted by atomic mass is 9.78. The van der Waals surface area contributed by atoms with Crippen LogP contribution in [0.4, 0.5) is 0 Å². The summed E-state index contributed by atoms with van der Waals surface area (Å²) in [5, 5.41) is 0. The van der Waals surface area contributed by atoms with Crippen LogP contribution in [0.1, 0.15) is 32.6 Å². The van der Waals surface area contributed by atoms with E-state index in [1.807, 2.05) is 6.92 Å². The number of fused-ring (bicyclic) bond motifs is 2. The van der Waals surface area contributed by atoms with Gasteiger partial charge in [-0.2, -0.15) is 0 Å². The Balaban J connectivity index is 2.07. The standard InChI is InChI=1S/C11H16O3/c1-2-14-11(13)10-7-3-4-8(10)6-9(12)5-7/h7-8,10H,2-6H2,1H3/t7-,8+,10+. The molecule has 0 amide bonds. The van der Waals surface area contributed by atoms with Crippen molar-refractivity contribution in [3.05, 3.63) is 0 Å². The van der Waals surface area contributed by atoms with Gasteiger partial charge in [0.2, 0.25) is 0 Å². The highest BCUT2D eigenvalue weighted by atomic mass is 16.5. The van der Waals surface area contributed by atoms with Crippen LogP contribution in [0.3, 0.4) is 0 Å². The van der Waals surface area contributed by atoms with Gasteiger partial charge >= 0.3 is 5.97 Å². The van der Waals surface area contributed by atoms with Crippen molar-refractivity contribution >= 4 is 11.8 Å². The number of carbonyl (C=O) groups is 2. The Hall–Kier alpha value is -0.860. The molecule has 0 aliphatic heterocycles. The number of rotatable bonds is 2. The maximum atomic E-state index is 11.6. The van der Waals surface area contributed by atoms with Crippen molar-refractivity contribution in [1.29, 1.82) is 0 Å². The van der Waals surface area contributed by atoms with Crippen molar-refractivity contribution in [3.63, 3.8) is 0 Å². The van der Waals surface area contributed by atoms with Crippen LogP contribution < -0.4 is 0 Å². The number of Topliss-reactive ketones (excluding diaryl/α,β-unsaturated/α-hetero) is 1. The minimum absolute atomic E-state index is 0.0210. The average Bonchev–Trinajstić information content (AvgIpc) is 2.39. The molecule has 0 heterocycles. The van der Waals surface area contributed by atoms with Gasteiger partial charge in [-0.3, -0.25) is 9.59 Å². The fourth-order valence-corrected chi connectivity index (χ4v) is 2.92. The number of hydrogen-bond acceptors (Lipinski definition) is 3. The fourth-order valence-electron chi connectivity index (χ4n) is 2.92. The van der Waals surface area contributed by atoms with Gasteiger partial charge < -0.3 is 4.74 Å². The van der Waals surface area contributed by atoms with Crippen molar-refractivity contribution in [1.82, 2.24) is 0 Å². The molecule has 3 heteroatoms. The minimum Gasteiger partial charge on any atom is -0.466 e. The van der Waals surface area contributed by atoms with Gasteiger partial charge in [-0.15, -0.1) is 0 Å². The van der Waals surface area contributed by atoms with Crippen molar-refractivity contribution in [2.45, 2.75) is 32.6 Å². The molecular weight excluding hydrogens is 180 g/mol.